The van der Waals surface area contributed by atoms with Crippen molar-refractivity contribution in [2.24, 2.45) is 0 Å². The van der Waals surface area contributed by atoms with Crippen LogP contribution in [0.25, 0.3) is 10.2 Å². The number of aromatic nitrogens is 2. The van der Waals surface area contributed by atoms with Crippen LogP contribution in [-0.2, 0) is 6.54 Å². The summed E-state index contributed by atoms with van der Waals surface area (Å²) in [6.45, 7) is 6.21. The largest absolute Gasteiger partial charge is 0.308 e. The smallest absolute Gasteiger partial charge is 0.268 e. The number of fused-ring (bicyclic) bond motifs is 1. The molecule has 0 saturated heterocycles. The fraction of sp³-hybridized carbons (Fsp3) is 0.273. The molecular weight excluding hydrogens is 222 g/mol. The van der Waals surface area contributed by atoms with Crippen LogP contribution in [0.1, 0.15) is 12.7 Å². The molecule has 0 saturated carbocycles. The number of hydrogen-bond acceptors (Lipinski definition) is 4. The van der Waals surface area contributed by atoms with E-state index in [1.807, 2.05) is 18.4 Å². The van der Waals surface area contributed by atoms with Crippen LogP contribution in [0, 0.1) is 0 Å². The zero-order valence-electron chi connectivity index (χ0n) is 8.99. The highest BCUT2D eigenvalue weighted by Crippen LogP contribution is 2.13. The second-order valence-electron chi connectivity index (χ2n) is 3.55. The molecule has 0 bridgehead atoms. The van der Waals surface area contributed by atoms with Crippen LogP contribution >= 0.6 is 11.3 Å². The standard InChI is InChI=1S/C11H13N3OS/c1-3-7(2)12-6-9-13-8-4-5-16-10(8)11(15)14-9/h3-5,7,12H,1,6H2,2H3,(H,13,14,15). The Labute approximate surface area is 97.0 Å². The number of nitrogens with zero attached hydrogens (tertiary/aromatic N) is 1. The van der Waals surface area contributed by atoms with Gasteiger partial charge in [-0.25, -0.2) is 4.98 Å². The van der Waals surface area contributed by atoms with Crippen molar-refractivity contribution in [1.82, 2.24) is 15.3 Å². The molecule has 5 heteroatoms. The van der Waals surface area contributed by atoms with Gasteiger partial charge in [0.25, 0.3) is 5.56 Å². The van der Waals surface area contributed by atoms with Crippen LogP contribution in [0.3, 0.4) is 0 Å². The zero-order valence-corrected chi connectivity index (χ0v) is 9.80. The van der Waals surface area contributed by atoms with Crippen LogP contribution < -0.4 is 10.9 Å². The predicted molar refractivity (Wildman–Crippen MR) is 66.7 cm³/mol. The summed E-state index contributed by atoms with van der Waals surface area (Å²) in [4.78, 5) is 18.8. The first kappa shape index (κ1) is 11.0. The van der Waals surface area contributed by atoms with E-state index in [0.29, 0.717) is 17.1 Å². The van der Waals surface area contributed by atoms with Gasteiger partial charge in [0.05, 0.1) is 12.1 Å². The van der Waals surface area contributed by atoms with E-state index in [0.717, 1.165) is 5.52 Å². The number of thiophene rings is 1. The van der Waals surface area contributed by atoms with Crippen molar-refractivity contribution in [1.29, 1.82) is 0 Å². The maximum absolute atomic E-state index is 11.6. The normalized spacial score (nSPS) is 12.8. The molecule has 2 aromatic heterocycles. The Morgan fingerprint density at radius 3 is 3.31 bits per heavy atom. The van der Waals surface area contributed by atoms with Gasteiger partial charge >= 0.3 is 0 Å². The van der Waals surface area contributed by atoms with Gasteiger partial charge in [-0.05, 0) is 18.4 Å². The van der Waals surface area contributed by atoms with E-state index in [1.54, 1.807) is 6.08 Å². The highest BCUT2D eigenvalue weighted by Gasteiger charge is 2.05. The summed E-state index contributed by atoms with van der Waals surface area (Å²) < 4.78 is 0.681. The monoisotopic (exact) mass is 235 g/mol. The predicted octanol–water partition coefficient (Wildman–Crippen LogP) is 1.65. The van der Waals surface area contributed by atoms with Crippen molar-refractivity contribution in [3.63, 3.8) is 0 Å². The van der Waals surface area contributed by atoms with Crippen molar-refractivity contribution in [2.45, 2.75) is 19.5 Å². The lowest BCUT2D eigenvalue weighted by Crippen LogP contribution is -2.25. The highest BCUT2D eigenvalue weighted by molar-refractivity contribution is 7.17. The molecule has 0 fully saturated rings. The molecular formula is C11H13N3OS. The van der Waals surface area contributed by atoms with E-state index in [-0.39, 0.29) is 11.6 Å². The van der Waals surface area contributed by atoms with Crippen molar-refractivity contribution < 1.29 is 0 Å². The molecule has 0 radical (unpaired) electrons. The van der Waals surface area contributed by atoms with Crippen LogP contribution in [0.2, 0.25) is 0 Å². The Bertz CT molecular complexity index is 558. The van der Waals surface area contributed by atoms with Gasteiger partial charge in [0.2, 0.25) is 0 Å². The molecule has 0 amide bonds. The average molecular weight is 235 g/mol. The lowest BCUT2D eigenvalue weighted by atomic mass is 10.3. The van der Waals surface area contributed by atoms with Crippen LogP contribution in [0.15, 0.2) is 28.9 Å². The van der Waals surface area contributed by atoms with Crippen LogP contribution in [0.5, 0.6) is 0 Å². The lowest BCUT2D eigenvalue weighted by molar-refractivity contribution is 0.613. The Balaban J connectivity index is 2.25. The summed E-state index contributed by atoms with van der Waals surface area (Å²) in [5, 5.41) is 5.06. The fourth-order valence-electron chi connectivity index (χ4n) is 1.35. The quantitative estimate of drug-likeness (QED) is 0.792. The molecule has 1 unspecified atom stereocenters. The van der Waals surface area contributed by atoms with Gasteiger partial charge in [0.1, 0.15) is 10.5 Å². The van der Waals surface area contributed by atoms with Crippen LogP contribution in [-0.4, -0.2) is 16.0 Å². The summed E-state index contributed by atoms with van der Waals surface area (Å²) >= 11 is 1.41. The third-order valence-electron chi connectivity index (χ3n) is 2.31. The number of rotatable bonds is 4. The molecule has 2 heterocycles. The van der Waals surface area contributed by atoms with Gasteiger partial charge in [-0.3, -0.25) is 4.79 Å². The summed E-state index contributed by atoms with van der Waals surface area (Å²) in [5.41, 5.74) is 0.694. The lowest BCUT2D eigenvalue weighted by Gasteiger charge is -2.07. The molecule has 0 spiro atoms. The molecule has 2 N–H and O–H groups in total. The van der Waals surface area contributed by atoms with Crippen molar-refractivity contribution >= 4 is 21.6 Å². The highest BCUT2D eigenvalue weighted by atomic mass is 32.1. The Morgan fingerprint density at radius 1 is 1.75 bits per heavy atom. The van der Waals surface area contributed by atoms with Gasteiger partial charge in [0.15, 0.2) is 0 Å². The Kier molecular flexibility index (Phi) is 3.17. The second kappa shape index (κ2) is 4.59. The summed E-state index contributed by atoms with van der Waals surface area (Å²) in [6.07, 6.45) is 1.81. The topological polar surface area (TPSA) is 57.8 Å². The van der Waals surface area contributed by atoms with Gasteiger partial charge < -0.3 is 10.3 Å². The summed E-state index contributed by atoms with van der Waals surface area (Å²) in [7, 11) is 0. The molecule has 0 aliphatic carbocycles. The van der Waals surface area contributed by atoms with E-state index in [4.69, 9.17) is 0 Å². The van der Waals surface area contributed by atoms with Crippen molar-refractivity contribution in [2.75, 3.05) is 0 Å². The Morgan fingerprint density at radius 2 is 2.56 bits per heavy atom. The molecule has 2 rings (SSSR count). The number of aromatic amines is 1. The summed E-state index contributed by atoms with van der Waals surface area (Å²) in [6, 6.07) is 2.05. The molecule has 2 aromatic rings. The third-order valence-corrected chi connectivity index (χ3v) is 3.21. The van der Waals surface area contributed by atoms with Gasteiger partial charge in [-0.1, -0.05) is 6.08 Å². The van der Waals surface area contributed by atoms with Crippen molar-refractivity contribution in [3.8, 4) is 0 Å². The van der Waals surface area contributed by atoms with E-state index < -0.39 is 0 Å². The zero-order chi connectivity index (χ0) is 11.5. The minimum Gasteiger partial charge on any atom is -0.308 e. The molecule has 1 atom stereocenters. The van der Waals surface area contributed by atoms with Crippen LogP contribution in [0.4, 0.5) is 0 Å². The van der Waals surface area contributed by atoms with Crippen molar-refractivity contribution in [3.05, 3.63) is 40.3 Å². The average Bonchev–Trinajstić information content (AvgIpc) is 2.74. The molecule has 16 heavy (non-hydrogen) atoms. The van der Waals surface area contributed by atoms with E-state index in [1.165, 1.54) is 11.3 Å². The second-order valence-corrected chi connectivity index (χ2v) is 4.47. The van der Waals surface area contributed by atoms with Gasteiger partial charge in [-0.2, -0.15) is 0 Å². The first-order chi connectivity index (χ1) is 7.70. The molecule has 0 aromatic carbocycles. The maximum atomic E-state index is 11.6. The number of nitrogens with one attached hydrogen (secondary N) is 2. The van der Waals surface area contributed by atoms with E-state index >= 15 is 0 Å². The SMILES string of the molecule is C=CC(C)NCc1nc2ccsc2c(=O)[nH]1. The minimum atomic E-state index is -0.0666. The maximum Gasteiger partial charge on any atom is 0.268 e. The molecule has 0 aliphatic rings. The fourth-order valence-corrected chi connectivity index (χ4v) is 2.07. The van der Waals surface area contributed by atoms with E-state index in [9.17, 15) is 4.79 Å². The summed E-state index contributed by atoms with van der Waals surface area (Å²) in [5.74, 6) is 0.657. The molecule has 84 valence electrons. The first-order valence-electron chi connectivity index (χ1n) is 5.03. The Hall–Kier alpha value is -1.46. The number of H-pyrrole nitrogens is 1. The third kappa shape index (κ3) is 2.20. The molecule has 0 aliphatic heterocycles. The first-order valence-corrected chi connectivity index (χ1v) is 5.91. The molecule has 4 nitrogen and oxygen atoms in total. The van der Waals surface area contributed by atoms with Gasteiger partial charge in [0, 0.05) is 6.04 Å². The van der Waals surface area contributed by atoms with Gasteiger partial charge in [-0.15, -0.1) is 17.9 Å². The van der Waals surface area contributed by atoms with E-state index in [2.05, 4.69) is 21.9 Å². The minimum absolute atomic E-state index is 0.0666. The number of hydrogen-bond donors (Lipinski definition) is 2.